The lowest BCUT2D eigenvalue weighted by atomic mass is 10.1. The Morgan fingerprint density at radius 3 is 2.24 bits per heavy atom. The van der Waals surface area contributed by atoms with Crippen LogP contribution < -0.4 is 0 Å². The van der Waals surface area contributed by atoms with E-state index in [1.165, 1.54) is 0 Å². The normalized spacial score (nSPS) is 12.8. The molecule has 17 heavy (non-hydrogen) atoms. The summed E-state index contributed by atoms with van der Waals surface area (Å²) in [4.78, 5) is 0. The van der Waals surface area contributed by atoms with Gasteiger partial charge in [0.15, 0.2) is 0 Å². The van der Waals surface area contributed by atoms with Gasteiger partial charge in [0.25, 0.3) is 0 Å². The van der Waals surface area contributed by atoms with E-state index in [9.17, 15) is 5.11 Å². The van der Waals surface area contributed by atoms with Crippen molar-refractivity contribution in [3.8, 4) is 0 Å². The zero-order chi connectivity index (χ0) is 12.1. The van der Waals surface area contributed by atoms with Gasteiger partial charge < -0.3 is 5.11 Å². The predicted molar refractivity (Wildman–Crippen MR) is 71.9 cm³/mol. The van der Waals surface area contributed by atoms with Crippen LogP contribution in [-0.2, 0) is 0 Å². The van der Waals surface area contributed by atoms with Gasteiger partial charge in [-0.3, -0.25) is 0 Å². The zero-order valence-corrected chi connectivity index (χ0v) is 10.0. The highest BCUT2D eigenvalue weighted by atomic mass is 35.5. The minimum absolute atomic E-state index is 0.577. The molecule has 2 aromatic rings. The summed E-state index contributed by atoms with van der Waals surface area (Å²) < 4.78 is 0. The molecule has 0 fully saturated rings. The molecule has 0 aromatic heterocycles. The molecule has 0 saturated heterocycles. The molecule has 86 valence electrons. The van der Waals surface area contributed by atoms with Gasteiger partial charge in [0.05, 0.1) is 6.10 Å². The third kappa shape index (κ3) is 3.45. The summed E-state index contributed by atoms with van der Waals surface area (Å²) >= 11 is 5.80. The lowest BCUT2D eigenvalue weighted by Crippen LogP contribution is -1.91. The average Bonchev–Trinajstić information content (AvgIpc) is 2.39. The maximum Gasteiger partial charge on any atom is 0.0975 e. The average molecular weight is 245 g/mol. The van der Waals surface area contributed by atoms with E-state index in [1.807, 2.05) is 60.7 Å². The molecule has 2 heteroatoms. The fourth-order valence-electron chi connectivity index (χ4n) is 1.54. The smallest absolute Gasteiger partial charge is 0.0975 e. The molecule has 0 amide bonds. The maximum absolute atomic E-state index is 9.92. The van der Waals surface area contributed by atoms with Crippen molar-refractivity contribution in [2.45, 2.75) is 6.10 Å². The van der Waals surface area contributed by atoms with E-state index in [0.29, 0.717) is 5.02 Å². The molecule has 1 unspecified atom stereocenters. The van der Waals surface area contributed by atoms with Gasteiger partial charge >= 0.3 is 0 Å². The van der Waals surface area contributed by atoms with Gasteiger partial charge in [-0.1, -0.05) is 66.2 Å². The molecule has 0 aliphatic rings. The summed E-state index contributed by atoms with van der Waals surface area (Å²) in [5.74, 6) is 0. The highest BCUT2D eigenvalue weighted by Crippen LogP contribution is 2.16. The first-order valence-corrected chi connectivity index (χ1v) is 5.80. The van der Waals surface area contributed by atoms with Gasteiger partial charge in [-0.05, 0) is 23.3 Å². The van der Waals surface area contributed by atoms with Crippen molar-refractivity contribution in [3.05, 3.63) is 76.8 Å². The monoisotopic (exact) mass is 244 g/mol. The summed E-state index contributed by atoms with van der Waals surface area (Å²) in [6, 6.07) is 17.0. The summed E-state index contributed by atoms with van der Waals surface area (Å²) in [6.07, 6.45) is 3.07. The standard InChI is InChI=1S/C15H13ClO/c16-14-9-6-12(7-10-14)8-11-15(17)13-4-2-1-3-5-13/h1-11,15,17H/b11-8+. The Hall–Kier alpha value is -1.57. The van der Waals surface area contributed by atoms with E-state index in [4.69, 9.17) is 11.6 Å². The van der Waals surface area contributed by atoms with Gasteiger partial charge in [0.2, 0.25) is 0 Å². The summed E-state index contributed by atoms with van der Waals surface area (Å²) in [6.45, 7) is 0. The molecule has 0 aliphatic carbocycles. The quantitative estimate of drug-likeness (QED) is 0.862. The van der Waals surface area contributed by atoms with Crippen LogP contribution in [0.3, 0.4) is 0 Å². The second kappa shape index (κ2) is 5.67. The van der Waals surface area contributed by atoms with Gasteiger partial charge in [0.1, 0.15) is 0 Å². The van der Waals surface area contributed by atoms with E-state index in [-0.39, 0.29) is 0 Å². The van der Waals surface area contributed by atoms with Crippen LogP contribution in [0.2, 0.25) is 5.02 Å². The van der Waals surface area contributed by atoms with Crippen LogP contribution in [0.1, 0.15) is 17.2 Å². The molecule has 2 rings (SSSR count). The van der Waals surface area contributed by atoms with Crippen LogP contribution >= 0.6 is 11.6 Å². The molecule has 0 bridgehead atoms. The Balaban J connectivity index is 2.08. The fourth-order valence-corrected chi connectivity index (χ4v) is 1.66. The van der Waals surface area contributed by atoms with Crippen LogP contribution in [0.25, 0.3) is 6.08 Å². The van der Waals surface area contributed by atoms with Gasteiger partial charge in [-0.25, -0.2) is 0 Å². The van der Waals surface area contributed by atoms with Gasteiger partial charge in [0, 0.05) is 5.02 Å². The highest BCUT2D eigenvalue weighted by molar-refractivity contribution is 6.30. The Morgan fingerprint density at radius 2 is 1.59 bits per heavy atom. The summed E-state index contributed by atoms with van der Waals surface area (Å²) in [7, 11) is 0. The van der Waals surface area contributed by atoms with Crippen LogP contribution in [0.5, 0.6) is 0 Å². The van der Waals surface area contributed by atoms with Gasteiger partial charge in [-0.15, -0.1) is 0 Å². The first-order chi connectivity index (χ1) is 8.25. The topological polar surface area (TPSA) is 20.2 Å². The molecule has 1 N–H and O–H groups in total. The lowest BCUT2D eigenvalue weighted by molar-refractivity contribution is 0.229. The Bertz CT molecular complexity index is 488. The second-order valence-corrected chi connectivity index (χ2v) is 4.20. The minimum Gasteiger partial charge on any atom is -0.384 e. The lowest BCUT2D eigenvalue weighted by Gasteiger charge is -2.04. The van der Waals surface area contributed by atoms with Crippen LogP contribution in [0.4, 0.5) is 0 Å². The van der Waals surface area contributed by atoms with E-state index in [1.54, 1.807) is 6.08 Å². The van der Waals surface area contributed by atoms with Gasteiger partial charge in [-0.2, -0.15) is 0 Å². The number of benzene rings is 2. The van der Waals surface area contributed by atoms with Crippen LogP contribution in [0, 0.1) is 0 Å². The van der Waals surface area contributed by atoms with E-state index in [2.05, 4.69) is 0 Å². The predicted octanol–water partition coefficient (Wildman–Crippen LogP) is 4.09. The van der Waals surface area contributed by atoms with E-state index in [0.717, 1.165) is 11.1 Å². The molecular weight excluding hydrogens is 232 g/mol. The molecular formula is C15H13ClO. The number of hydrogen-bond donors (Lipinski definition) is 1. The zero-order valence-electron chi connectivity index (χ0n) is 9.25. The third-order valence-corrected chi connectivity index (χ3v) is 2.73. The molecule has 0 heterocycles. The molecule has 0 spiro atoms. The number of rotatable bonds is 3. The van der Waals surface area contributed by atoms with Crippen molar-refractivity contribution in [2.24, 2.45) is 0 Å². The summed E-state index contributed by atoms with van der Waals surface area (Å²) in [5.41, 5.74) is 1.90. The van der Waals surface area contributed by atoms with Crippen molar-refractivity contribution < 1.29 is 5.11 Å². The summed E-state index contributed by atoms with van der Waals surface area (Å²) in [5, 5.41) is 10.6. The molecule has 0 saturated carbocycles. The minimum atomic E-state index is -0.577. The van der Waals surface area contributed by atoms with Crippen molar-refractivity contribution >= 4 is 17.7 Å². The molecule has 2 aromatic carbocycles. The van der Waals surface area contributed by atoms with E-state index < -0.39 is 6.10 Å². The Labute approximate surface area is 106 Å². The van der Waals surface area contributed by atoms with E-state index >= 15 is 0 Å². The molecule has 0 aliphatic heterocycles. The number of aliphatic hydroxyl groups is 1. The van der Waals surface area contributed by atoms with Crippen LogP contribution in [-0.4, -0.2) is 5.11 Å². The van der Waals surface area contributed by atoms with Crippen molar-refractivity contribution in [2.75, 3.05) is 0 Å². The van der Waals surface area contributed by atoms with Crippen molar-refractivity contribution in [1.82, 2.24) is 0 Å². The second-order valence-electron chi connectivity index (χ2n) is 3.77. The van der Waals surface area contributed by atoms with Crippen molar-refractivity contribution in [3.63, 3.8) is 0 Å². The number of halogens is 1. The SMILES string of the molecule is OC(/C=C/c1ccc(Cl)cc1)c1ccccc1. The van der Waals surface area contributed by atoms with Crippen molar-refractivity contribution in [1.29, 1.82) is 0 Å². The largest absolute Gasteiger partial charge is 0.384 e. The fraction of sp³-hybridized carbons (Fsp3) is 0.0667. The number of hydrogen-bond acceptors (Lipinski definition) is 1. The first kappa shape index (κ1) is 11.9. The van der Waals surface area contributed by atoms with Crippen LogP contribution in [0.15, 0.2) is 60.7 Å². The Kier molecular flexibility index (Phi) is 3.97. The third-order valence-electron chi connectivity index (χ3n) is 2.48. The maximum atomic E-state index is 9.92. The molecule has 1 atom stereocenters. The molecule has 0 radical (unpaired) electrons. The first-order valence-electron chi connectivity index (χ1n) is 5.42. The highest BCUT2D eigenvalue weighted by Gasteiger charge is 2.00. The molecule has 1 nitrogen and oxygen atoms in total. The number of aliphatic hydroxyl groups excluding tert-OH is 1. The Morgan fingerprint density at radius 1 is 0.941 bits per heavy atom.